The lowest BCUT2D eigenvalue weighted by Gasteiger charge is -2.04. The van der Waals surface area contributed by atoms with Gasteiger partial charge in [-0.15, -0.1) is 0 Å². The van der Waals surface area contributed by atoms with Gasteiger partial charge in [0.1, 0.15) is 6.10 Å². The third-order valence-corrected chi connectivity index (χ3v) is 2.45. The van der Waals surface area contributed by atoms with Crippen LogP contribution in [0.2, 0.25) is 0 Å². The standard InChI is InChI=1S/C11H14N2O/c1-8-4-2-3-5-10(8)11-6-9(7-12)14-13-11/h2-5,9H,6-7,12H2,1H3. The van der Waals surface area contributed by atoms with Gasteiger partial charge in [-0.3, -0.25) is 0 Å². The highest BCUT2D eigenvalue weighted by molar-refractivity contribution is 6.02. The average molecular weight is 190 g/mol. The summed E-state index contributed by atoms with van der Waals surface area (Å²) in [6, 6.07) is 8.18. The van der Waals surface area contributed by atoms with Crippen LogP contribution in [0.5, 0.6) is 0 Å². The van der Waals surface area contributed by atoms with E-state index in [1.165, 1.54) is 11.1 Å². The SMILES string of the molecule is Cc1ccccc1C1=NOC(CN)C1. The molecule has 2 N–H and O–H groups in total. The van der Waals surface area contributed by atoms with E-state index in [2.05, 4.69) is 24.2 Å². The number of nitrogens with zero attached hydrogens (tertiary/aromatic N) is 1. The molecule has 0 saturated heterocycles. The maximum atomic E-state index is 5.51. The lowest BCUT2D eigenvalue weighted by atomic mass is 10.0. The zero-order valence-electron chi connectivity index (χ0n) is 8.23. The van der Waals surface area contributed by atoms with Gasteiger partial charge < -0.3 is 10.6 Å². The van der Waals surface area contributed by atoms with Crippen LogP contribution in [0.4, 0.5) is 0 Å². The van der Waals surface area contributed by atoms with Gasteiger partial charge >= 0.3 is 0 Å². The molecule has 14 heavy (non-hydrogen) atoms. The van der Waals surface area contributed by atoms with Crippen molar-refractivity contribution in [3.63, 3.8) is 0 Å². The van der Waals surface area contributed by atoms with E-state index < -0.39 is 0 Å². The number of benzene rings is 1. The van der Waals surface area contributed by atoms with Crippen molar-refractivity contribution in [1.29, 1.82) is 0 Å². The second-order valence-electron chi connectivity index (χ2n) is 3.52. The minimum Gasteiger partial charge on any atom is -0.390 e. The molecule has 1 aromatic rings. The Morgan fingerprint density at radius 2 is 2.29 bits per heavy atom. The summed E-state index contributed by atoms with van der Waals surface area (Å²) in [4.78, 5) is 5.19. The zero-order chi connectivity index (χ0) is 9.97. The van der Waals surface area contributed by atoms with E-state index in [0.29, 0.717) is 6.54 Å². The van der Waals surface area contributed by atoms with Crippen LogP contribution < -0.4 is 5.73 Å². The fraction of sp³-hybridized carbons (Fsp3) is 0.364. The molecule has 1 aliphatic rings. The summed E-state index contributed by atoms with van der Waals surface area (Å²) >= 11 is 0. The predicted molar refractivity (Wildman–Crippen MR) is 56.3 cm³/mol. The minimum atomic E-state index is 0.0598. The molecule has 0 fully saturated rings. The van der Waals surface area contributed by atoms with Crippen molar-refractivity contribution in [2.45, 2.75) is 19.4 Å². The Hall–Kier alpha value is -1.35. The number of rotatable bonds is 2. The number of nitrogens with two attached hydrogens (primary N) is 1. The van der Waals surface area contributed by atoms with E-state index in [4.69, 9.17) is 10.6 Å². The third-order valence-electron chi connectivity index (χ3n) is 2.45. The number of hydrogen-bond acceptors (Lipinski definition) is 3. The van der Waals surface area contributed by atoms with E-state index in [0.717, 1.165) is 12.1 Å². The molecule has 1 aliphatic heterocycles. The molecule has 1 aromatic carbocycles. The van der Waals surface area contributed by atoms with Crippen molar-refractivity contribution in [3.05, 3.63) is 35.4 Å². The Morgan fingerprint density at radius 1 is 1.50 bits per heavy atom. The molecule has 1 atom stereocenters. The normalized spacial score (nSPS) is 20.4. The first-order valence-electron chi connectivity index (χ1n) is 4.80. The van der Waals surface area contributed by atoms with Gasteiger partial charge in [-0.1, -0.05) is 29.4 Å². The van der Waals surface area contributed by atoms with Gasteiger partial charge in [-0.05, 0) is 12.5 Å². The molecule has 1 heterocycles. The zero-order valence-corrected chi connectivity index (χ0v) is 8.23. The van der Waals surface area contributed by atoms with E-state index >= 15 is 0 Å². The molecular formula is C11H14N2O. The molecule has 0 aliphatic carbocycles. The van der Waals surface area contributed by atoms with E-state index in [1.807, 2.05) is 12.1 Å². The largest absolute Gasteiger partial charge is 0.390 e. The van der Waals surface area contributed by atoms with Gasteiger partial charge in [-0.2, -0.15) is 0 Å². The van der Waals surface area contributed by atoms with Gasteiger partial charge in [0.15, 0.2) is 0 Å². The summed E-state index contributed by atoms with van der Waals surface area (Å²) in [5.74, 6) is 0. The average Bonchev–Trinajstić information content (AvgIpc) is 2.67. The minimum absolute atomic E-state index is 0.0598. The second-order valence-corrected chi connectivity index (χ2v) is 3.52. The first kappa shape index (κ1) is 9.21. The van der Waals surface area contributed by atoms with Gasteiger partial charge in [0, 0.05) is 18.5 Å². The molecule has 3 nitrogen and oxygen atoms in total. The third kappa shape index (κ3) is 1.63. The fourth-order valence-electron chi connectivity index (χ4n) is 1.61. The molecule has 0 aromatic heterocycles. The van der Waals surface area contributed by atoms with Gasteiger partial charge in [0.25, 0.3) is 0 Å². The maximum absolute atomic E-state index is 5.51. The molecular weight excluding hydrogens is 176 g/mol. The molecule has 0 saturated carbocycles. The van der Waals surface area contributed by atoms with Crippen LogP contribution in [0.15, 0.2) is 29.4 Å². The van der Waals surface area contributed by atoms with Crippen LogP contribution >= 0.6 is 0 Å². The lowest BCUT2D eigenvalue weighted by Crippen LogP contribution is -2.20. The Morgan fingerprint density at radius 3 is 2.93 bits per heavy atom. The summed E-state index contributed by atoms with van der Waals surface area (Å²) in [5, 5.41) is 4.06. The quantitative estimate of drug-likeness (QED) is 0.767. The summed E-state index contributed by atoms with van der Waals surface area (Å²) < 4.78 is 0. The Labute approximate surface area is 83.6 Å². The van der Waals surface area contributed by atoms with E-state index in [-0.39, 0.29) is 6.10 Å². The fourth-order valence-corrected chi connectivity index (χ4v) is 1.61. The Kier molecular flexibility index (Phi) is 2.50. The van der Waals surface area contributed by atoms with Crippen molar-refractivity contribution in [3.8, 4) is 0 Å². The van der Waals surface area contributed by atoms with Gasteiger partial charge in [0.2, 0.25) is 0 Å². The highest BCUT2D eigenvalue weighted by Gasteiger charge is 2.21. The van der Waals surface area contributed by atoms with E-state index in [1.54, 1.807) is 0 Å². The Balaban J connectivity index is 2.22. The highest BCUT2D eigenvalue weighted by atomic mass is 16.6. The smallest absolute Gasteiger partial charge is 0.145 e. The molecule has 1 unspecified atom stereocenters. The van der Waals surface area contributed by atoms with Crippen molar-refractivity contribution in [1.82, 2.24) is 0 Å². The molecule has 0 bridgehead atoms. The summed E-state index contributed by atoms with van der Waals surface area (Å²) in [7, 11) is 0. The summed E-state index contributed by atoms with van der Waals surface area (Å²) in [6.45, 7) is 2.60. The van der Waals surface area contributed by atoms with Crippen LogP contribution in [0.1, 0.15) is 17.5 Å². The van der Waals surface area contributed by atoms with Crippen LogP contribution in [0.3, 0.4) is 0 Å². The van der Waals surface area contributed by atoms with Crippen molar-refractivity contribution < 1.29 is 4.84 Å². The topological polar surface area (TPSA) is 47.6 Å². The predicted octanol–water partition coefficient (Wildman–Crippen LogP) is 1.45. The monoisotopic (exact) mass is 190 g/mol. The second kappa shape index (κ2) is 3.80. The molecule has 0 amide bonds. The number of hydrogen-bond donors (Lipinski definition) is 1. The van der Waals surface area contributed by atoms with Gasteiger partial charge in [-0.25, -0.2) is 0 Å². The lowest BCUT2D eigenvalue weighted by molar-refractivity contribution is 0.0918. The molecule has 3 heteroatoms. The van der Waals surface area contributed by atoms with Crippen LogP contribution in [-0.4, -0.2) is 18.4 Å². The van der Waals surface area contributed by atoms with Gasteiger partial charge in [0.05, 0.1) is 5.71 Å². The summed E-state index contributed by atoms with van der Waals surface area (Å²) in [5.41, 5.74) is 8.93. The molecule has 2 rings (SSSR count). The van der Waals surface area contributed by atoms with Crippen LogP contribution in [-0.2, 0) is 4.84 Å². The van der Waals surface area contributed by atoms with E-state index in [9.17, 15) is 0 Å². The Bertz CT molecular complexity index is 360. The van der Waals surface area contributed by atoms with Crippen LogP contribution in [0.25, 0.3) is 0 Å². The molecule has 0 spiro atoms. The van der Waals surface area contributed by atoms with Crippen molar-refractivity contribution >= 4 is 5.71 Å². The first-order valence-corrected chi connectivity index (χ1v) is 4.80. The maximum Gasteiger partial charge on any atom is 0.145 e. The summed E-state index contributed by atoms with van der Waals surface area (Å²) in [6.07, 6.45) is 0.881. The number of oxime groups is 1. The molecule has 74 valence electrons. The highest BCUT2D eigenvalue weighted by Crippen LogP contribution is 2.18. The van der Waals surface area contributed by atoms with Crippen molar-refractivity contribution in [2.24, 2.45) is 10.9 Å². The molecule has 0 radical (unpaired) electrons. The first-order chi connectivity index (χ1) is 6.81. The van der Waals surface area contributed by atoms with Crippen LogP contribution in [0, 0.1) is 6.92 Å². The van der Waals surface area contributed by atoms with Crippen molar-refractivity contribution in [2.75, 3.05) is 6.54 Å². The number of aryl methyl sites for hydroxylation is 1.